The quantitative estimate of drug-likeness (QED) is 0.702. The standard InChI is InChI=1S/C9H7BrS2/c10-4-9-3-8(6-12-9)7-1-2-11-5-7/h1-3,5-6H,4H2. The molecule has 0 aliphatic carbocycles. The van der Waals surface area contributed by atoms with Crippen LogP contribution in [0.1, 0.15) is 4.88 Å². The Labute approximate surface area is 88.0 Å². The molecule has 12 heavy (non-hydrogen) atoms. The number of rotatable bonds is 2. The van der Waals surface area contributed by atoms with Crippen LogP contribution in [0.25, 0.3) is 11.1 Å². The molecule has 0 aromatic carbocycles. The lowest BCUT2D eigenvalue weighted by Crippen LogP contribution is -1.65. The maximum atomic E-state index is 3.45. The first kappa shape index (κ1) is 8.48. The fourth-order valence-corrected chi connectivity index (χ4v) is 2.99. The van der Waals surface area contributed by atoms with Crippen molar-refractivity contribution in [2.24, 2.45) is 0 Å². The molecule has 3 heteroatoms. The average molecular weight is 259 g/mol. The van der Waals surface area contributed by atoms with Gasteiger partial charge in [-0.3, -0.25) is 0 Å². The van der Waals surface area contributed by atoms with Crippen LogP contribution in [0.3, 0.4) is 0 Å². The van der Waals surface area contributed by atoms with Crippen LogP contribution < -0.4 is 0 Å². The van der Waals surface area contributed by atoms with Crippen molar-refractivity contribution in [2.75, 3.05) is 0 Å². The van der Waals surface area contributed by atoms with E-state index in [4.69, 9.17) is 0 Å². The van der Waals surface area contributed by atoms with Gasteiger partial charge in [0.05, 0.1) is 0 Å². The van der Waals surface area contributed by atoms with Gasteiger partial charge in [-0.25, -0.2) is 0 Å². The highest BCUT2D eigenvalue weighted by atomic mass is 79.9. The van der Waals surface area contributed by atoms with Gasteiger partial charge in [-0.1, -0.05) is 15.9 Å². The van der Waals surface area contributed by atoms with E-state index in [1.54, 1.807) is 22.7 Å². The molecule has 0 unspecified atom stereocenters. The Balaban J connectivity index is 2.35. The van der Waals surface area contributed by atoms with E-state index in [9.17, 15) is 0 Å². The molecule has 2 aromatic rings. The van der Waals surface area contributed by atoms with Crippen LogP contribution in [0.15, 0.2) is 28.3 Å². The second-order valence-corrected chi connectivity index (χ2v) is 4.78. The number of alkyl halides is 1. The van der Waals surface area contributed by atoms with E-state index >= 15 is 0 Å². The highest BCUT2D eigenvalue weighted by Crippen LogP contribution is 2.28. The monoisotopic (exact) mass is 258 g/mol. The third-order valence-electron chi connectivity index (χ3n) is 1.64. The van der Waals surface area contributed by atoms with E-state index in [-0.39, 0.29) is 0 Å². The van der Waals surface area contributed by atoms with Gasteiger partial charge in [-0.2, -0.15) is 11.3 Å². The maximum Gasteiger partial charge on any atom is 0.0377 e. The average Bonchev–Trinajstić information content (AvgIpc) is 2.75. The van der Waals surface area contributed by atoms with Gasteiger partial charge in [0.1, 0.15) is 0 Å². The molecule has 0 spiro atoms. The minimum atomic E-state index is 0.960. The Morgan fingerprint density at radius 2 is 2.17 bits per heavy atom. The fourth-order valence-electron chi connectivity index (χ4n) is 1.03. The molecular weight excluding hydrogens is 252 g/mol. The first-order valence-corrected chi connectivity index (χ1v) is 6.50. The second-order valence-electron chi connectivity index (χ2n) is 2.45. The molecule has 0 fully saturated rings. The molecule has 0 saturated carbocycles. The summed E-state index contributed by atoms with van der Waals surface area (Å²) >= 11 is 7.00. The lowest BCUT2D eigenvalue weighted by atomic mass is 10.2. The summed E-state index contributed by atoms with van der Waals surface area (Å²) in [6, 6.07) is 4.40. The van der Waals surface area contributed by atoms with Crippen molar-refractivity contribution in [3.8, 4) is 11.1 Å². The largest absolute Gasteiger partial charge is 0.152 e. The predicted molar refractivity (Wildman–Crippen MR) is 60.3 cm³/mol. The third-order valence-corrected chi connectivity index (χ3v) is 4.24. The van der Waals surface area contributed by atoms with Gasteiger partial charge in [0, 0.05) is 10.2 Å². The van der Waals surface area contributed by atoms with Gasteiger partial charge >= 0.3 is 0 Å². The Morgan fingerprint density at radius 1 is 1.25 bits per heavy atom. The van der Waals surface area contributed by atoms with Gasteiger partial charge in [-0.05, 0) is 39.4 Å². The number of hydrogen-bond acceptors (Lipinski definition) is 2. The Bertz CT molecular complexity index is 348. The zero-order valence-electron chi connectivity index (χ0n) is 6.29. The summed E-state index contributed by atoms with van der Waals surface area (Å²) in [6.07, 6.45) is 0. The molecule has 0 amide bonds. The fraction of sp³-hybridized carbons (Fsp3) is 0.111. The first-order chi connectivity index (χ1) is 5.90. The van der Waals surface area contributed by atoms with E-state index in [0.29, 0.717) is 0 Å². The lowest BCUT2D eigenvalue weighted by Gasteiger charge is -1.87. The molecule has 0 radical (unpaired) electrons. The Kier molecular flexibility index (Phi) is 2.63. The van der Waals surface area contributed by atoms with Gasteiger partial charge in [0.15, 0.2) is 0 Å². The highest BCUT2D eigenvalue weighted by Gasteiger charge is 2.00. The Hall–Kier alpha value is -0.120. The maximum absolute atomic E-state index is 3.45. The Morgan fingerprint density at radius 3 is 2.75 bits per heavy atom. The van der Waals surface area contributed by atoms with E-state index in [1.165, 1.54) is 16.0 Å². The van der Waals surface area contributed by atoms with Crippen LogP contribution in [-0.2, 0) is 5.33 Å². The van der Waals surface area contributed by atoms with Crippen molar-refractivity contribution in [3.63, 3.8) is 0 Å². The van der Waals surface area contributed by atoms with Crippen molar-refractivity contribution >= 4 is 38.6 Å². The molecule has 0 bridgehead atoms. The molecular formula is C9H7BrS2. The summed E-state index contributed by atoms with van der Waals surface area (Å²) in [4.78, 5) is 1.39. The summed E-state index contributed by atoms with van der Waals surface area (Å²) in [5.74, 6) is 0. The molecule has 62 valence electrons. The zero-order chi connectivity index (χ0) is 8.39. The molecule has 0 aliphatic heterocycles. The summed E-state index contributed by atoms with van der Waals surface area (Å²) in [7, 11) is 0. The van der Waals surface area contributed by atoms with Crippen LogP contribution in [0.4, 0.5) is 0 Å². The summed E-state index contributed by atoms with van der Waals surface area (Å²) in [5, 5.41) is 7.46. The predicted octanol–water partition coefficient (Wildman–Crippen LogP) is 4.37. The molecule has 2 heterocycles. The van der Waals surface area contributed by atoms with Crippen LogP contribution in [0.2, 0.25) is 0 Å². The normalized spacial score (nSPS) is 10.4. The van der Waals surface area contributed by atoms with Crippen molar-refractivity contribution in [1.82, 2.24) is 0 Å². The van der Waals surface area contributed by atoms with Crippen LogP contribution in [0, 0.1) is 0 Å². The van der Waals surface area contributed by atoms with Crippen LogP contribution in [0.5, 0.6) is 0 Å². The minimum Gasteiger partial charge on any atom is -0.152 e. The SMILES string of the molecule is BrCc1cc(-c2ccsc2)cs1. The molecule has 0 N–H and O–H groups in total. The van der Waals surface area contributed by atoms with Gasteiger partial charge in [0.2, 0.25) is 0 Å². The van der Waals surface area contributed by atoms with Crippen LogP contribution in [-0.4, -0.2) is 0 Å². The highest BCUT2D eigenvalue weighted by molar-refractivity contribution is 9.08. The van der Waals surface area contributed by atoms with Gasteiger partial charge < -0.3 is 0 Å². The van der Waals surface area contributed by atoms with Crippen LogP contribution >= 0.6 is 38.6 Å². The smallest absolute Gasteiger partial charge is 0.0377 e. The van der Waals surface area contributed by atoms with Crippen molar-refractivity contribution in [2.45, 2.75) is 5.33 Å². The first-order valence-electron chi connectivity index (χ1n) is 3.56. The summed E-state index contributed by atoms with van der Waals surface area (Å²) < 4.78 is 0. The van der Waals surface area contributed by atoms with Crippen molar-refractivity contribution in [1.29, 1.82) is 0 Å². The van der Waals surface area contributed by atoms with E-state index in [1.807, 2.05) is 0 Å². The number of thiophene rings is 2. The molecule has 0 atom stereocenters. The van der Waals surface area contributed by atoms with Gasteiger partial charge in [0.25, 0.3) is 0 Å². The third kappa shape index (κ3) is 1.63. The lowest BCUT2D eigenvalue weighted by molar-refractivity contribution is 1.58. The summed E-state index contributed by atoms with van der Waals surface area (Å²) in [5.41, 5.74) is 2.68. The number of halogens is 1. The second kappa shape index (κ2) is 3.73. The topological polar surface area (TPSA) is 0 Å². The van der Waals surface area contributed by atoms with E-state index < -0.39 is 0 Å². The van der Waals surface area contributed by atoms with E-state index in [0.717, 1.165) is 5.33 Å². The molecule has 2 rings (SSSR count). The summed E-state index contributed by atoms with van der Waals surface area (Å²) in [6.45, 7) is 0. The van der Waals surface area contributed by atoms with Crippen molar-refractivity contribution in [3.05, 3.63) is 33.2 Å². The van der Waals surface area contributed by atoms with Crippen molar-refractivity contribution < 1.29 is 0 Å². The molecule has 0 nitrogen and oxygen atoms in total. The zero-order valence-corrected chi connectivity index (χ0v) is 9.51. The minimum absolute atomic E-state index is 0.960. The number of hydrogen-bond donors (Lipinski definition) is 0. The molecule has 0 saturated heterocycles. The van der Waals surface area contributed by atoms with Gasteiger partial charge in [-0.15, -0.1) is 11.3 Å². The van der Waals surface area contributed by atoms with E-state index in [2.05, 4.69) is 44.2 Å². The molecule has 2 aromatic heterocycles. The molecule has 0 aliphatic rings.